The lowest BCUT2D eigenvalue weighted by Crippen LogP contribution is -2.46. The smallest absolute Gasteiger partial charge is 0.424 e. The highest BCUT2D eigenvalue weighted by molar-refractivity contribution is 5.94. The third kappa shape index (κ3) is 5.24. The van der Waals surface area contributed by atoms with E-state index in [1.54, 1.807) is 24.3 Å². The standard InChI is InChI=1S/C22H22F3N3O3/c1-28-14-13-27-20(28)21(30,22(23,24)25)11-12-26-19(29)17-9-7-16(8-10-17)15-31-18-5-3-2-4-6-18/h2-10,13-14,30H,11-12,15H2,1H3,(H,26,29). The number of nitrogens with zero attached hydrogens (tertiary/aromatic N) is 2. The molecule has 0 radical (unpaired) electrons. The third-order valence-corrected chi connectivity index (χ3v) is 4.80. The fourth-order valence-corrected chi connectivity index (χ4v) is 3.04. The first-order valence-electron chi connectivity index (χ1n) is 9.52. The lowest BCUT2D eigenvalue weighted by molar-refractivity contribution is -0.272. The van der Waals surface area contributed by atoms with Gasteiger partial charge in [-0.3, -0.25) is 4.79 Å². The molecule has 1 aromatic heterocycles. The van der Waals surface area contributed by atoms with Gasteiger partial charge in [-0.05, 0) is 29.8 Å². The van der Waals surface area contributed by atoms with E-state index in [9.17, 15) is 23.1 Å². The summed E-state index contributed by atoms with van der Waals surface area (Å²) >= 11 is 0. The highest BCUT2D eigenvalue weighted by Gasteiger charge is 2.57. The van der Waals surface area contributed by atoms with Gasteiger partial charge in [0.1, 0.15) is 18.2 Å². The molecule has 0 aliphatic rings. The number of para-hydroxylation sites is 1. The van der Waals surface area contributed by atoms with Gasteiger partial charge in [0.2, 0.25) is 5.60 Å². The largest absolute Gasteiger partial charge is 0.489 e. The number of carbonyl (C=O) groups excluding carboxylic acids is 1. The molecule has 1 amide bonds. The van der Waals surface area contributed by atoms with Gasteiger partial charge in [0.25, 0.3) is 5.91 Å². The van der Waals surface area contributed by atoms with Crippen LogP contribution in [0.2, 0.25) is 0 Å². The van der Waals surface area contributed by atoms with Crippen molar-refractivity contribution in [3.05, 3.63) is 83.9 Å². The minimum atomic E-state index is -4.95. The monoisotopic (exact) mass is 433 g/mol. The fraction of sp³-hybridized carbons (Fsp3) is 0.273. The van der Waals surface area contributed by atoms with Crippen LogP contribution in [0.5, 0.6) is 5.75 Å². The Labute approximate surface area is 177 Å². The number of hydrogen-bond acceptors (Lipinski definition) is 4. The van der Waals surface area contributed by atoms with E-state index in [4.69, 9.17) is 4.74 Å². The Morgan fingerprint density at radius 1 is 1.13 bits per heavy atom. The predicted octanol–water partition coefficient (Wildman–Crippen LogP) is 3.57. The quantitative estimate of drug-likeness (QED) is 0.570. The molecule has 1 unspecified atom stereocenters. The summed E-state index contributed by atoms with van der Waals surface area (Å²) in [6.45, 7) is -0.0746. The average molecular weight is 433 g/mol. The number of aliphatic hydroxyl groups is 1. The number of aromatic nitrogens is 2. The zero-order valence-corrected chi connectivity index (χ0v) is 16.8. The lowest BCUT2D eigenvalue weighted by Gasteiger charge is -2.30. The van der Waals surface area contributed by atoms with E-state index < -0.39 is 29.9 Å². The molecule has 3 rings (SSSR count). The van der Waals surface area contributed by atoms with Crippen molar-refractivity contribution in [2.75, 3.05) is 6.54 Å². The number of imidazole rings is 1. The maximum atomic E-state index is 13.5. The van der Waals surface area contributed by atoms with Gasteiger partial charge < -0.3 is 19.7 Å². The second-order valence-electron chi connectivity index (χ2n) is 7.02. The van der Waals surface area contributed by atoms with Crippen LogP contribution in [0, 0.1) is 0 Å². The molecule has 3 aromatic rings. The Bertz CT molecular complexity index is 1000. The number of alkyl halides is 3. The van der Waals surface area contributed by atoms with Crippen LogP contribution in [0.15, 0.2) is 67.0 Å². The van der Waals surface area contributed by atoms with Crippen LogP contribution in [0.1, 0.15) is 28.2 Å². The first-order valence-corrected chi connectivity index (χ1v) is 9.52. The van der Waals surface area contributed by atoms with E-state index in [2.05, 4.69) is 10.3 Å². The van der Waals surface area contributed by atoms with E-state index >= 15 is 0 Å². The Kier molecular flexibility index (Phi) is 6.65. The van der Waals surface area contributed by atoms with Crippen molar-refractivity contribution in [3.8, 4) is 5.75 Å². The van der Waals surface area contributed by atoms with Gasteiger partial charge in [-0.1, -0.05) is 30.3 Å². The van der Waals surface area contributed by atoms with Crippen LogP contribution >= 0.6 is 0 Å². The molecule has 0 aliphatic heterocycles. The minimum Gasteiger partial charge on any atom is -0.489 e. The number of amides is 1. The van der Waals surface area contributed by atoms with Gasteiger partial charge in [0, 0.05) is 38.0 Å². The van der Waals surface area contributed by atoms with Crippen LogP contribution in [0.4, 0.5) is 13.2 Å². The molecular formula is C22H22F3N3O3. The highest BCUT2D eigenvalue weighted by Crippen LogP contribution is 2.40. The Balaban J connectivity index is 1.57. The van der Waals surface area contributed by atoms with Crippen LogP contribution in [-0.2, 0) is 19.3 Å². The van der Waals surface area contributed by atoms with E-state index in [1.165, 1.54) is 19.4 Å². The molecule has 1 heterocycles. The van der Waals surface area contributed by atoms with Crippen molar-refractivity contribution in [3.63, 3.8) is 0 Å². The maximum Gasteiger partial charge on any atom is 0.424 e. The lowest BCUT2D eigenvalue weighted by atomic mass is 9.97. The zero-order valence-electron chi connectivity index (χ0n) is 16.8. The Morgan fingerprint density at radius 3 is 2.39 bits per heavy atom. The number of aryl methyl sites for hydroxylation is 1. The molecule has 164 valence electrons. The van der Waals surface area contributed by atoms with Crippen LogP contribution in [0.25, 0.3) is 0 Å². The number of nitrogens with one attached hydrogen (secondary N) is 1. The maximum absolute atomic E-state index is 13.5. The SMILES string of the molecule is Cn1ccnc1C(O)(CCNC(=O)c1ccc(COc2ccccc2)cc1)C(F)(F)F. The highest BCUT2D eigenvalue weighted by atomic mass is 19.4. The van der Waals surface area contributed by atoms with Crippen molar-refractivity contribution in [1.82, 2.24) is 14.9 Å². The van der Waals surface area contributed by atoms with Gasteiger partial charge >= 0.3 is 6.18 Å². The first-order chi connectivity index (χ1) is 14.7. The molecule has 0 aliphatic carbocycles. The zero-order chi connectivity index (χ0) is 22.5. The number of carbonyl (C=O) groups is 1. The second-order valence-corrected chi connectivity index (χ2v) is 7.02. The van der Waals surface area contributed by atoms with Gasteiger partial charge in [-0.25, -0.2) is 4.98 Å². The van der Waals surface area contributed by atoms with Crippen LogP contribution < -0.4 is 10.1 Å². The third-order valence-electron chi connectivity index (χ3n) is 4.80. The minimum absolute atomic E-state index is 0.288. The van der Waals surface area contributed by atoms with Gasteiger partial charge in [0.05, 0.1) is 0 Å². The van der Waals surface area contributed by atoms with Crippen molar-refractivity contribution < 1.29 is 27.8 Å². The molecule has 0 bridgehead atoms. The number of rotatable bonds is 8. The second kappa shape index (κ2) is 9.22. The molecule has 9 heteroatoms. The molecule has 2 N–H and O–H groups in total. The van der Waals surface area contributed by atoms with Crippen molar-refractivity contribution >= 4 is 5.91 Å². The number of benzene rings is 2. The number of hydrogen-bond donors (Lipinski definition) is 2. The number of halogens is 3. The molecule has 6 nitrogen and oxygen atoms in total. The molecule has 0 spiro atoms. The van der Waals surface area contributed by atoms with E-state index in [0.29, 0.717) is 12.4 Å². The molecule has 0 saturated heterocycles. The first kappa shape index (κ1) is 22.4. The van der Waals surface area contributed by atoms with Gasteiger partial charge in [-0.2, -0.15) is 13.2 Å². The van der Waals surface area contributed by atoms with E-state index in [0.717, 1.165) is 10.1 Å². The summed E-state index contributed by atoms with van der Waals surface area (Å²) in [4.78, 5) is 15.9. The van der Waals surface area contributed by atoms with Crippen molar-refractivity contribution in [2.45, 2.75) is 24.8 Å². The van der Waals surface area contributed by atoms with Gasteiger partial charge in [0.15, 0.2) is 0 Å². The average Bonchev–Trinajstić information content (AvgIpc) is 3.18. The summed E-state index contributed by atoms with van der Waals surface area (Å²) in [6, 6.07) is 15.8. The summed E-state index contributed by atoms with van der Waals surface area (Å²) in [5.74, 6) is -0.355. The summed E-state index contributed by atoms with van der Waals surface area (Å²) in [6.07, 6.45) is -3.23. The summed E-state index contributed by atoms with van der Waals surface area (Å²) < 4.78 is 47.3. The molecular weight excluding hydrogens is 411 g/mol. The molecule has 0 saturated carbocycles. The summed E-state index contributed by atoms with van der Waals surface area (Å²) in [5, 5.41) is 12.7. The van der Waals surface area contributed by atoms with E-state index in [-0.39, 0.29) is 12.1 Å². The summed E-state index contributed by atoms with van der Waals surface area (Å²) in [5.41, 5.74) is -2.05. The van der Waals surface area contributed by atoms with Crippen molar-refractivity contribution in [2.24, 2.45) is 7.05 Å². The van der Waals surface area contributed by atoms with Gasteiger partial charge in [-0.15, -0.1) is 0 Å². The number of ether oxygens (including phenoxy) is 1. The fourth-order valence-electron chi connectivity index (χ4n) is 3.04. The van der Waals surface area contributed by atoms with Crippen LogP contribution in [-0.4, -0.2) is 33.3 Å². The molecule has 1 atom stereocenters. The molecule has 2 aromatic carbocycles. The Morgan fingerprint density at radius 2 is 1.81 bits per heavy atom. The molecule has 31 heavy (non-hydrogen) atoms. The van der Waals surface area contributed by atoms with Crippen LogP contribution in [0.3, 0.4) is 0 Å². The Hall–Kier alpha value is -3.33. The summed E-state index contributed by atoms with van der Waals surface area (Å²) in [7, 11) is 1.36. The topological polar surface area (TPSA) is 76.4 Å². The molecule has 0 fully saturated rings. The van der Waals surface area contributed by atoms with E-state index in [1.807, 2.05) is 30.3 Å². The predicted molar refractivity (Wildman–Crippen MR) is 107 cm³/mol. The van der Waals surface area contributed by atoms with Crippen molar-refractivity contribution in [1.29, 1.82) is 0 Å². The normalized spacial score (nSPS) is 13.5.